The first-order valence-electron chi connectivity index (χ1n) is 8.30. The minimum Gasteiger partial charge on any atom is -0.478 e. The lowest BCUT2D eigenvalue weighted by Gasteiger charge is -2.05. The molecule has 0 aliphatic rings. The van der Waals surface area contributed by atoms with E-state index in [1.165, 1.54) is 18.4 Å². The predicted octanol–water partition coefficient (Wildman–Crippen LogP) is 5.59. The zero-order valence-electron chi connectivity index (χ0n) is 13.4. The van der Waals surface area contributed by atoms with Gasteiger partial charge in [-0.1, -0.05) is 73.5 Å². The van der Waals surface area contributed by atoms with Gasteiger partial charge in [0.1, 0.15) is 0 Å². The van der Waals surface area contributed by atoms with Gasteiger partial charge in [0.05, 0.1) is 5.56 Å². The van der Waals surface area contributed by atoms with Crippen molar-refractivity contribution in [2.75, 3.05) is 0 Å². The molecule has 0 fully saturated rings. The number of carboxylic acids is 1. The van der Waals surface area contributed by atoms with Gasteiger partial charge in [-0.3, -0.25) is 0 Å². The Morgan fingerprint density at radius 1 is 0.870 bits per heavy atom. The molecule has 1 N–H and O–H groups in total. The first-order valence-corrected chi connectivity index (χ1v) is 8.30. The minimum atomic E-state index is -0.827. The van der Waals surface area contributed by atoms with Crippen molar-refractivity contribution in [2.45, 2.75) is 38.5 Å². The number of benzene rings is 2. The molecule has 0 aliphatic heterocycles. The maximum Gasteiger partial charge on any atom is 0.335 e. The molecule has 0 saturated heterocycles. The van der Waals surface area contributed by atoms with Gasteiger partial charge in [0.25, 0.3) is 0 Å². The molecule has 2 aromatic rings. The second-order valence-electron chi connectivity index (χ2n) is 5.73. The number of unbranched alkanes of at least 4 members (excludes halogenated alkanes) is 4. The lowest BCUT2D eigenvalue weighted by molar-refractivity contribution is 0.0695. The van der Waals surface area contributed by atoms with Gasteiger partial charge in [0.15, 0.2) is 0 Å². The van der Waals surface area contributed by atoms with E-state index in [0.29, 0.717) is 5.56 Å². The zero-order chi connectivity index (χ0) is 16.3. The molecule has 0 radical (unpaired) electrons. The SMILES string of the molecule is O=C(O)c1ccccc1CCCCCCC=Cc1ccccc1. The maximum absolute atomic E-state index is 11.1. The van der Waals surface area contributed by atoms with Gasteiger partial charge in [-0.15, -0.1) is 0 Å². The Hall–Kier alpha value is -2.35. The van der Waals surface area contributed by atoms with Crippen molar-refractivity contribution in [3.05, 3.63) is 77.4 Å². The Kier molecular flexibility index (Phi) is 7.12. The average molecular weight is 308 g/mol. The standard InChI is InChI=1S/C21H24O2/c22-21(23)20-17-11-10-16-19(20)15-9-4-2-1-3-6-12-18-13-7-5-8-14-18/h5-8,10-14,16-17H,1-4,9,15H2,(H,22,23). The van der Waals surface area contributed by atoms with Gasteiger partial charge in [-0.25, -0.2) is 4.79 Å². The van der Waals surface area contributed by atoms with Gasteiger partial charge in [0.2, 0.25) is 0 Å². The van der Waals surface area contributed by atoms with Gasteiger partial charge >= 0.3 is 5.97 Å². The Morgan fingerprint density at radius 2 is 1.57 bits per heavy atom. The second kappa shape index (κ2) is 9.62. The summed E-state index contributed by atoms with van der Waals surface area (Å²) >= 11 is 0. The van der Waals surface area contributed by atoms with Crippen LogP contribution >= 0.6 is 0 Å². The number of hydrogen-bond acceptors (Lipinski definition) is 1. The van der Waals surface area contributed by atoms with Crippen LogP contribution in [-0.4, -0.2) is 11.1 Å². The van der Waals surface area contributed by atoms with Crippen molar-refractivity contribution >= 4 is 12.0 Å². The largest absolute Gasteiger partial charge is 0.478 e. The third-order valence-corrected chi connectivity index (χ3v) is 3.92. The molecule has 0 unspecified atom stereocenters. The van der Waals surface area contributed by atoms with Crippen LogP contribution in [0.1, 0.15) is 53.6 Å². The Morgan fingerprint density at radius 3 is 2.35 bits per heavy atom. The number of carbonyl (C=O) groups is 1. The third kappa shape index (κ3) is 6.11. The van der Waals surface area contributed by atoms with Crippen LogP contribution in [0.4, 0.5) is 0 Å². The van der Waals surface area contributed by atoms with Gasteiger partial charge in [-0.2, -0.15) is 0 Å². The molecule has 0 atom stereocenters. The molecular formula is C21H24O2. The monoisotopic (exact) mass is 308 g/mol. The van der Waals surface area contributed by atoms with E-state index in [4.69, 9.17) is 5.11 Å². The topological polar surface area (TPSA) is 37.3 Å². The number of hydrogen-bond donors (Lipinski definition) is 1. The summed E-state index contributed by atoms with van der Waals surface area (Å²) in [7, 11) is 0. The molecule has 23 heavy (non-hydrogen) atoms. The minimum absolute atomic E-state index is 0.443. The van der Waals surface area contributed by atoms with Crippen molar-refractivity contribution in [1.82, 2.24) is 0 Å². The lowest BCUT2D eigenvalue weighted by Crippen LogP contribution is -2.02. The van der Waals surface area contributed by atoms with Crippen LogP contribution in [0.25, 0.3) is 6.08 Å². The number of carboxylic acid groups (broad SMARTS) is 1. The van der Waals surface area contributed by atoms with Crippen molar-refractivity contribution in [3.8, 4) is 0 Å². The molecule has 2 aromatic carbocycles. The van der Waals surface area contributed by atoms with Crippen molar-refractivity contribution in [2.24, 2.45) is 0 Å². The van der Waals surface area contributed by atoms with E-state index in [9.17, 15) is 4.79 Å². The van der Waals surface area contributed by atoms with E-state index < -0.39 is 5.97 Å². The third-order valence-electron chi connectivity index (χ3n) is 3.92. The summed E-state index contributed by atoms with van der Waals surface area (Å²) in [5.41, 5.74) is 2.64. The number of allylic oxidation sites excluding steroid dienone is 1. The van der Waals surface area contributed by atoms with E-state index in [2.05, 4.69) is 36.4 Å². The quantitative estimate of drug-likeness (QED) is 0.613. The molecule has 2 rings (SSSR count). The summed E-state index contributed by atoms with van der Waals surface area (Å²) in [5, 5.41) is 9.15. The summed E-state index contributed by atoms with van der Waals surface area (Å²) < 4.78 is 0. The van der Waals surface area contributed by atoms with Crippen LogP contribution in [0, 0.1) is 0 Å². The Bertz CT molecular complexity index is 629. The molecule has 0 amide bonds. The smallest absolute Gasteiger partial charge is 0.335 e. The number of aromatic carboxylic acids is 1. The van der Waals surface area contributed by atoms with Crippen LogP contribution in [0.2, 0.25) is 0 Å². The summed E-state index contributed by atoms with van der Waals surface area (Å²) in [5.74, 6) is -0.827. The molecule has 120 valence electrons. The average Bonchev–Trinajstić information content (AvgIpc) is 2.58. The highest BCUT2D eigenvalue weighted by atomic mass is 16.4. The van der Waals surface area contributed by atoms with E-state index in [1.54, 1.807) is 12.1 Å². The summed E-state index contributed by atoms with van der Waals surface area (Å²) in [6.07, 6.45) is 10.9. The molecule has 0 aromatic heterocycles. The second-order valence-corrected chi connectivity index (χ2v) is 5.73. The molecule has 0 aliphatic carbocycles. The highest BCUT2D eigenvalue weighted by Crippen LogP contribution is 2.14. The van der Waals surface area contributed by atoms with E-state index in [-0.39, 0.29) is 0 Å². The van der Waals surface area contributed by atoms with Crippen LogP contribution in [-0.2, 0) is 6.42 Å². The molecule has 2 nitrogen and oxygen atoms in total. The first-order chi connectivity index (χ1) is 11.3. The normalized spacial score (nSPS) is 11.0. The summed E-state index contributed by atoms with van der Waals surface area (Å²) in [4.78, 5) is 11.1. The fourth-order valence-corrected chi connectivity index (χ4v) is 2.66. The number of rotatable bonds is 9. The van der Waals surface area contributed by atoms with E-state index >= 15 is 0 Å². The first kappa shape index (κ1) is 17.0. The van der Waals surface area contributed by atoms with Gasteiger partial charge < -0.3 is 5.11 Å². The fourth-order valence-electron chi connectivity index (χ4n) is 2.66. The Labute approximate surface area is 138 Å². The van der Waals surface area contributed by atoms with Crippen LogP contribution < -0.4 is 0 Å². The zero-order valence-corrected chi connectivity index (χ0v) is 13.4. The molecule has 0 bridgehead atoms. The van der Waals surface area contributed by atoms with Crippen LogP contribution in [0.3, 0.4) is 0 Å². The van der Waals surface area contributed by atoms with Crippen LogP contribution in [0.15, 0.2) is 60.7 Å². The molecule has 0 spiro atoms. The lowest BCUT2D eigenvalue weighted by atomic mass is 10.0. The maximum atomic E-state index is 11.1. The summed E-state index contributed by atoms with van der Waals surface area (Å²) in [6.45, 7) is 0. The fraction of sp³-hybridized carbons (Fsp3) is 0.286. The van der Waals surface area contributed by atoms with Crippen LogP contribution in [0.5, 0.6) is 0 Å². The highest BCUT2D eigenvalue weighted by Gasteiger charge is 2.07. The molecular weight excluding hydrogens is 284 g/mol. The Balaban J connectivity index is 1.61. The van der Waals surface area contributed by atoms with E-state index in [0.717, 1.165) is 31.2 Å². The van der Waals surface area contributed by atoms with Gasteiger partial charge in [-0.05, 0) is 42.9 Å². The molecule has 0 saturated carbocycles. The van der Waals surface area contributed by atoms with Gasteiger partial charge in [0, 0.05) is 0 Å². The van der Waals surface area contributed by atoms with Crippen molar-refractivity contribution < 1.29 is 9.90 Å². The summed E-state index contributed by atoms with van der Waals surface area (Å²) in [6, 6.07) is 17.6. The molecule has 2 heteroatoms. The highest BCUT2D eigenvalue weighted by molar-refractivity contribution is 5.89. The predicted molar refractivity (Wildman–Crippen MR) is 95.7 cm³/mol. The van der Waals surface area contributed by atoms with Crippen molar-refractivity contribution in [3.63, 3.8) is 0 Å². The van der Waals surface area contributed by atoms with Crippen molar-refractivity contribution in [1.29, 1.82) is 0 Å². The number of aryl methyl sites for hydroxylation is 1. The van der Waals surface area contributed by atoms with E-state index in [1.807, 2.05) is 18.2 Å². The molecule has 0 heterocycles.